The molecule has 0 saturated heterocycles. The van der Waals surface area contributed by atoms with E-state index in [0.717, 1.165) is 147 Å². The van der Waals surface area contributed by atoms with Gasteiger partial charge in [0, 0.05) is 181 Å². The Kier molecular flexibility index (Phi) is 69.3. The van der Waals surface area contributed by atoms with Crippen LogP contribution >= 0.6 is 0 Å². The van der Waals surface area contributed by atoms with Crippen molar-refractivity contribution in [2.45, 2.75) is 106 Å². The normalized spacial score (nSPS) is 9.90. The molecule has 0 bridgehead atoms. The predicted octanol–water partition coefficient (Wildman–Crippen LogP) is -8.79. The number of aromatic nitrogens is 16. The van der Waals surface area contributed by atoms with Gasteiger partial charge in [-0.25, -0.2) is 74.5 Å². The van der Waals surface area contributed by atoms with Gasteiger partial charge in [0.25, 0.3) is 0 Å². The van der Waals surface area contributed by atoms with E-state index in [1.165, 1.54) is 27.7 Å². The number of nitriles is 4. The largest absolute Gasteiger partial charge is 2.00 e. The van der Waals surface area contributed by atoms with Gasteiger partial charge in [-0.1, -0.05) is 72.8 Å². The monoisotopic (exact) mass is 1920 g/mol. The summed E-state index contributed by atoms with van der Waals surface area (Å²) in [5.74, 6) is 0. The smallest absolute Gasteiger partial charge is 0.578 e. The summed E-state index contributed by atoms with van der Waals surface area (Å²) < 4.78 is 136. The molecule has 0 unspecified atom stereocenters. The maximum absolute atomic E-state index is 8.49. The molecule has 4 radical (unpaired) electrons. The Morgan fingerprint density at radius 1 is 0.225 bits per heavy atom. The van der Waals surface area contributed by atoms with Crippen LogP contribution in [0.3, 0.4) is 0 Å². The molecule has 0 saturated carbocycles. The Morgan fingerprint density at radius 3 is 0.425 bits per heavy atom. The van der Waals surface area contributed by atoms with Crippen molar-refractivity contribution in [2.24, 2.45) is 0 Å². The minimum Gasteiger partial charge on any atom is -0.578 e. The molecule has 12 aromatic heterocycles. The molecule has 12 heterocycles. The van der Waals surface area contributed by atoms with Crippen LogP contribution in [0.4, 0.5) is 0 Å². The van der Waals surface area contributed by atoms with Crippen LogP contribution in [-0.2, 0) is 147 Å². The van der Waals surface area contributed by atoms with Gasteiger partial charge in [0.1, 0.15) is 0 Å². The molecule has 0 aromatic carbocycles. The van der Waals surface area contributed by atoms with Crippen molar-refractivity contribution in [3.8, 4) is 24.3 Å². The first-order valence-electron chi connectivity index (χ1n) is 32.8. The number of halogens is 4. The van der Waals surface area contributed by atoms with Crippen LogP contribution < -0.4 is 94.9 Å². The van der Waals surface area contributed by atoms with E-state index in [9.17, 15) is 0 Å². The van der Waals surface area contributed by atoms with Gasteiger partial charge in [-0.3, -0.25) is 59.5 Å². The van der Waals surface area contributed by atoms with Crippen LogP contribution in [0.25, 0.3) is 0 Å². The molecule has 40 nitrogen and oxygen atoms in total. The second-order valence-electron chi connectivity index (χ2n) is 21.6. The first kappa shape index (κ1) is 117. The molecular formula is C72H76Cl4Cu4N24O16. The third-order valence-electron chi connectivity index (χ3n) is 12.5. The number of pyridine rings is 8. The summed E-state index contributed by atoms with van der Waals surface area (Å²) in [5.41, 5.74) is 12.1. The van der Waals surface area contributed by atoms with Crippen molar-refractivity contribution in [3.63, 3.8) is 0 Å². The minimum absolute atomic E-state index is 0. The standard InChI is InChI=1S/4C16H16N5.4C2H3N.4ClHO4.4Cu/c4*1-3-8-17-14(5-1)11-21(13-16-7-10-19-20-16)12-15-6-2-4-9-18-15;4*1-2-3;4*2-1(3,4)5;;;;/h4*1-10H,11-13H2;4*1H3;4*(H,2,3,4,5);;;;/q4*-1;;;;;;;;;4*+2/p-4. The zero-order valence-corrected chi connectivity index (χ0v) is 70.4. The van der Waals surface area contributed by atoms with Gasteiger partial charge in [-0.2, -0.15) is 21.0 Å². The number of hydrogen-bond donors (Lipinski definition) is 0. The van der Waals surface area contributed by atoms with Crippen molar-refractivity contribution in [3.05, 3.63) is 313 Å². The predicted molar refractivity (Wildman–Crippen MR) is 361 cm³/mol. The van der Waals surface area contributed by atoms with Crippen LogP contribution in [0.1, 0.15) is 96.0 Å². The summed E-state index contributed by atoms with van der Waals surface area (Å²) in [6.07, 6.45) is 21.4. The average molecular weight is 1930 g/mol. The average Bonchev–Trinajstić information content (AvgIpc) is 1.16. The molecule has 0 amide bonds. The van der Waals surface area contributed by atoms with Crippen LogP contribution in [0.15, 0.2) is 244 Å². The van der Waals surface area contributed by atoms with Crippen molar-refractivity contribution in [1.82, 2.24) is 100 Å². The van der Waals surface area contributed by atoms with Gasteiger partial charge >= 0.3 is 68.3 Å². The first-order chi connectivity index (χ1) is 55.3. The summed E-state index contributed by atoms with van der Waals surface area (Å²) in [7, 11) is -19.8. The Labute approximate surface area is 742 Å². The van der Waals surface area contributed by atoms with E-state index in [-0.39, 0.29) is 68.3 Å². The minimum atomic E-state index is -4.94. The van der Waals surface area contributed by atoms with Crippen molar-refractivity contribution >= 4 is 0 Å². The summed E-state index contributed by atoms with van der Waals surface area (Å²) in [5, 5.41) is 61.2. The van der Waals surface area contributed by atoms with Gasteiger partial charge in [0.05, 0.1) is 69.8 Å². The van der Waals surface area contributed by atoms with E-state index in [1.54, 1.807) is 49.1 Å². The number of hydrogen-bond acceptors (Lipinski definition) is 36. The SMILES string of the molecule is CC#N.CC#N.CC#N.CC#N.[Cu+2].[Cu+2].[Cu+2].[Cu+2].[O-][Cl+3]([O-])([O-])[O-].[O-][Cl+3]([O-])([O-])[O-].[O-][Cl+3]([O-])([O-])[O-].[O-][Cl+3]([O-])([O-])[O-].c1ccc(CN(Cc2ccccn2)Cc2ccn[n-]2)nc1.c1ccc(CN(Cc2ccccn2)Cc2ccn[n-]2)nc1.c1ccc(CN(Cc2ccccn2)Cc2ccn[n-]2)nc1.c1ccc(CN(Cc2ccccn2)Cc2ccn[n-]2)nc1. The van der Waals surface area contributed by atoms with Gasteiger partial charge in [-0.15, -0.1) is 63.7 Å². The van der Waals surface area contributed by atoms with Gasteiger partial charge in [0.2, 0.25) is 0 Å². The van der Waals surface area contributed by atoms with Crippen molar-refractivity contribution in [1.29, 1.82) is 21.0 Å². The van der Waals surface area contributed by atoms with Gasteiger partial charge < -0.3 is 40.8 Å². The fourth-order valence-corrected chi connectivity index (χ4v) is 8.73. The third-order valence-corrected chi connectivity index (χ3v) is 12.5. The molecule has 0 aliphatic heterocycles. The summed E-state index contributed by atoms with van der Waals surface area (Å²) in [4.78, 5) is 44.2. The Balaban J connectivity index is -0.000000659. The molecule has 12 aromatic rings. The van der Waals surface area contributed by atoms with Crippen LogP contribution in [0.5, 0.6) is 0 Å². The van der Waals surface area contributed by atoms with Crippen LogP contribution in [-0.4, -0.2) is 79.9 Å². The molecule has 0 N–H and O–H groups in total. The molecule has 0 spiro atoms. The topological polar surface area (TPSA) is 688 Å². The summed E-state index contributed by atoms with van der Waals surface area (Å²) in [6, 6.07) is 62.4. The number of nitrogens with zero attached hydrogens (tertiary/aromatic N) is 24. The van der Waals surface area contributed by atoms with E-state index in [4.69, 9.17) is 95.6 Å². The molecule has 0 atom stereocenters. The van der Waals surface area contributed by atoms with Gasteiger partial charge in [0.15, 0.2) is 0 Å². The van der Waals surface area contributed by atoms with E-state index >= 15 is 0 Å². The molecular weight excluding hydrogens is 1850 g/mol. The quantitative estimate of drug-likeness (QED) is 0.0507. The van der Waals surface area contributed by atoms with Crippen molar-refractivity contribution in [2.75, 3.05) is 0 Å². The Hall–Kier alpha value is -9.56. The third kappa shape index (κ3) is 73.6. The zero-order valence-electron chi connectivity index (χ0n) is 63.6. The fourth-order valence-electron chi connectivity index (χ4n) is 8.73. The van der Waals surface area contributed by atoms with Crippen molar-refractivity contribution < 1.29 is 184 Å². The summed E-state index contributed by atoms with van der Waals surface area (Å²) in [6.45, 7) is 14.7. The van der Waals surface area contributed by atoms with E-state index < -0.39 is 41.0 Å². The summed E-state index contributed by atoms with van der Waals surface area (Å²) >= 11 is 0. The van der Waals surface area contributed by atoms with Crippen LogP contribution in [0.2, 0.25) is 0 Å². The maximum Gasteiger partial charge on any atom is 2.00 e. The fraction of sp³-hybridized carbons (Fsp3) is 0.222. The van der Waals surface area contributed by atoms with E-state index in [0.29, 0.717) is 0 Å². The van der Waals surface area contributed by atoms with Gasteiger partial charge in [-0.05, 0) is 97.1 Å². The Bertz CT molecular complexity index is 3700. The first-order valence-corrected chi connectivity index (χ1v) is 37.7. The molecule has 652 valence electrons. The van der Waals surface area contributed by atoms with E-state index in [1.807, 2.05) is 219 Å². The number of rotatable bonds is 24. The van der Waals surface area contributed by atoms with Crippen LogP contribution in [0, 0.1) is 86.3 Å². The molecule has 0 aliphatic rings. The molecule has 0 fully saturated rings. The molecule has 0 aliphatic carbocycles. The second-order valence-corrected chi connectivity index (χ2v) is 24.7. The maximum atomic E-state index is 8.49. The second kappa shape index (κ2) is 71.2. The molecule has 120 heavy (non-hydrogen) atoms. The van der Waals surface area contributed by atoms with E-state index in [2.05, 4.69) is 100 Å². The molecule has 48 heteroatoms. The Morgan fingerprint density at radius 2 is 0.342 bits per heavy atom. The zero-order chi connectivity index (χ0) is 86.1. The molecule has 12 rings (SSSR count).